The molecule has 24 heavy (non-hydrogen) atoms. The van der Waals surface area contributed by atoms with Crippen molar-refractivity contribution >= 4 is 28.7 Å². The third-order valence-electron chi connectivity index (χ3n) is 4.33. The molecule has 2 aromatic carbocycles. The van der Waals surface area contributed by atoms with Crippen LogP contribution in [0.15, 0.2) is 48.5 Å². The fourth-order valence-corrected chi connectivity index (χ4v) is 3.24. The van der Waals surface area contributed by atoms with Gasteiger partial charge in [-0.1, -0.05) is 24.3 Å². The van der Waals surface area contributed by atoms with Gasteiger partial charge in [0.05, 0.1) is 11.7 Å². The van der Waals surface area contributed by atoms with Crippen LogP contribution in [0.5, 0.6) is 0 Å². The van der Waals surface area contributed by atoms with Gasteiger partial charge in [-0.25, -0.2) is 4.39 Å². The highest BCUT2D eigenvalue weighted by molar-refractivity contribution is 7.80. The average molecular weight is 343 g/mol. The van der Waals surface area contributed by atoms with Crippen molar-refractivity contribution in [2.75, 3.05) is 23.3 Å². The molecule has 2 N–H and O–H groups in total. The van der Waals surface area contributed by atoms with Crippen molar-refractivity contribution in [2.45, 2.75) is 25.8 Å². The van der Waals surface area contributed by atoms with E-state index in [-0.39, 0.29) is 11.9 Å². The van der Waals surface area contributed by atoms with Crippen molar-refractivity contribution in [3.63, 3.8) is 0 Å². The van der Waals surface area contributed by atoms with Crippen molar-refractivity contribution in [3.05, 3.63) is 59.9 Å². The summed E-state index contributed by atoms with van der Waals surface area (Å²) in [6.07, 6.45) is 2.55. The maximum atomic E-state index is 13.6. The Balaban J connectivity index is 1.58. The monoisotopic (exact) mass is 343 g/mol. The van der Waals surface area contributed by atoms with Crippen molar-refractivity contribution in [1.82, 2.24) is 5.32 Å². The first-order chi connectivity index (χ1) is 11.6. The summed E-state index contributed by atoms with van der Waals surface area (Å²) in [5.74, 6) is -0.315. The van der Waals surface area contributed by atoms with E-state index >= 15 is 0 Å². The third-order valence-corrected chi connectivity index (χ3v) is 4.55. The molecule has 1 aliphatic rings. The number of anilines is 2. The van der Waals surface area contributed by atoms with Gasteiger partial charge in [-0.2, -0.15) is 0 Å². The number of benzene rings is 2. The zero-order valence-electron chi connectivity index (χ0n) is 13.8. The SMILES string of the molecule is C[C@H](NC(=S)Nc1ccccc1F)c1ccc(N2CCCC2)cc1. The van der Waals surface area contributed by atoms with E-state index in [1.165, 1.54) is 24.6 Å². The van der Waals surface area contributed by atoms with Gasteiger partial charge in [-0.3, -0.25) is 0 Å². The number of nitrogens with zero attached hydrogens (tertiary/aromatic N) is 1. The molecule has 0 aromatic heterocycles. The third kappa shape index (κ3) is 4.03. The van der Waals surface area contributed by atoms with Crippen LogP contribution in [0.25, 0.3) is 0 Å². The lowest BCUT2D eigenvalue weighted by atomic mass is 10.1. The lowest BCUT2D eigenvalue weighted by Gasteiger charge is -2.20. The largest absolute Gasteiger partial charge is 0.372 e. The van der Waals surface area contributed by atoms with Crippen LogP contribution in [-0.4, -0.2) is 18.2 Å². The molecule has 5 heteroatoms. The summed E-state index contributed by atoms with van der Waals surface area (Å²) in [5.41, 5.74) is 2.80. The summed E-state index contributed by atoms with van der Waals surface area (Å²) < 4.78 is 13.6. The van der Waals surface area contributed by atoms with Crippen molar-refractivity contribution in [2.24, 2.45) is 0 Å². The summed E-state index contributed by atoms with van der Waals surface area (Å²) in [6, 6.07) is 15.1. The molecule has 0 unspecified atom stereocenters. The van der Waals surface area contributed by atoms with Crippen molar-refractivity contribution < 1.29 is 4.39 Å². The molecule has 3 rings (SSSR count). The zero-order chi connectivity index (χ0) is 16.9. The molecule has 1 atom stereocenters. The van der Waals surface area contributed by atoms with E-state index in [0.29, 0.717) is 10.8 Å². The number of thiocarbonyl (C=S) groups is 1. The van der Waals surface area contributed by atoms with Gasteiger partial charge in [0.25, 0.3) is 0 Å². The van der Waals surface area contributed by atoms with Crippen LogP contribution in [0.3, 0.4) is 0 Å². The van der Waals surface area contributed by atoms with E-state index in [4.69, 9.17) is 12.2 Å². The Morgan fingerprint density at radius 1 is 1.08 bits per heavy atom. The summed E-state index contributed by atoms with van der Waals surface area (Å²) >= 11 is 5.29. The summed E-state index contributed by atoms with van der Waals surface area (Å²) in [5, 5.41) is 6.52. The fourth-order valence-electron chi connectivity index (χ4n) is 2.95. The Bertz CT molecular complexity index is 696. The predicted octanol–water partition coefficient (Wildman–Crippen LogP) is 4.47. The van der Waals surface area contributed by atoms with Crippen molar-refractivity contribution in [3.8, 4) is 0 Å². The van der Waals surface area contributed by atoms with E-state index in [1.807, 2.05) is 6.92 Å². The molecule has 3 nitrogen and oxygen atoms in total. The number of nitrogens with one attached hydrogen (secondary N) is 2. The Kier molecular flexibility index (Phi) is 5.30. The summed E-state index contributed by atoms with van der Waals surface area (Å²) in [6.45, 7) is 4.33. The van der Waals surface area contributed by atoms with E-state index in [1.54, 1.807) is 18.2 Å². The second-order valence-electron chi connectivity index (χ2n) is 6.09. The van der Waals surface area contributed by atoms with Gasteiger partial charge in [0.2, 0.25) is 0 Å². The molecule has 0 saturated carbocycles. The van der Waals surface area contributed by atoms with Gasteiger partial charge in [0.1, 0.15) is 5.82 Å². The average Bonchev–Trinajstić information content (AvgIpc) is 3.11. The summed E-state index contributed by atoms with van der Waals surface area (Å²) in [7, 11) is 0. The minimum Gasteiger partial charge on any atom is -0.372 e. The van der Waals surface area contributed by atoms with Crippen LogP contribution in [0.4, 0.5) is 15.8 Å². The standard InChI is InChI=1S/C19H22FN3S/c1-14(21-19(24)22-18-7-3-2-6-17(18)20)15-8-10-16(11-9-15)23-12-4-5-13-23/h2-3,6-11,14H,4-5,12-13H2,1H3,(H2,21,22,24)/t14-/m0/s1. The number of para-hydroxylation sites is 1. The molecule has 0 aliphatic carbocycles. The van der Waals surface area contributed by atoms with Crippen LogP contribution < -0.4 is 15.5 Å². The van der Waals surface area contributed by atoms with Gasteiger partial charge in [-0.05, 0) is 61.8 Å². The molecule has 0 bridgehead atoms. The topological polar surface area (TPSA) is 27.3 Å². The van der Waals surface area contributed by atoms with Crippen LogP contribution in [-0.2, 0) is 0 Å². The molecule has 2 aromatic rings. The van der Waals surface area contributed by atoms with Crippen LogP contribution >= 0.6 is 12.2 Å². The quantitative estimate of drug-likeness (QED) is 0.801. The van der Waals surface area contributed by atoms with Gasteiger partial charge in [0, 0.05) is 18.8 Å². The maximum absolute atomic E-state index is 13.6. The zero-order valence-corrected chi connectivity index (χ0v) is 14.6. The van der Waals surface area contributed by atoms with Crippen LogP contribution in [0.2, 0.25) is 0 Å². The molecule has 1 heterocycles. The van der Waals surface area contributed by atoms with E-state index < -0.39 is 0 Å². The molecule has 1 aliphatic heterocycles. The second-order valence-corrected chi connectivity index (χ2v) is 6.49. The molecule has 1 saturated heterocycles. The normalized spacial score (nSPS) is 15.2. The first kappa shape index (κ1) is 16.7. The summed E-state index contributed by atoms with van der Waals surface area (Å²) in [4.78, 5) is 2.41. The number of hydrogen-bond donors (Lipinski definition) is 2. The van der Waals surface area contributed by atoms with E-state index in [0.717, 1.165) is 18.7 Å². The molecule has 0 spiro atoms. The molecular formula is C19H22FN3S. The highest BCUT2D eigenvalue weighted by Crippen LogP contribution is 2.22. The molecule has 126 valence electrons. The molecule has 1 fully saturated rings. The first-order valence-electron chi connectivity index (χ1n) is 8.30. The van der Waals surface area contributed by atoms with Crippen LogP contribution in [0.1, 0.15) is 31.4 Å². The minimum atomic E-state index is -0.315. The first-order valence-corrected chi connectivity index (χ1v) is 8.71. The Morgan fingerprint density at radius 3 is 2.42 bits per heavy atom. The van der Waals surface area contributed by atoms with Gasteiger partial charge in [0.15, 0.2) is 5.11 Å². The van der Waals surface area contributed by atoms with E-state index in [2.05, 4.69) is 39.8 Å². The van der Waals surface area contributed by atoms with Crippen LogP contribution in [0, 0.1) is 5.82 Å². The van der Waals surface area contributed by atoms with Gasteiger partial charge in [-0.15, -0.1) is 0 Å². The highest BCUT2D eigenvalue weighted by Gasteiger charge is 2.13. The molecular weight excluding hydrogens is 321 g/mol. The number of hydrogen-bond acceptors (Lipinski definition) is 2. The van der Waals surface area contributed by atoms with Crippen molar-refractivity contribution in [1.29, 1.82) is 0 Å². The molecule has 0 radical (unpaired) electrons. The Labute approximate surface area is 147 Å². The smallest absolute Gasteiger partial charge is 0.171 e. The maximum Gasteiger partial charge on any atom is 0.171 e. The van der Waals surface area contributed by atoms with Gasteiger partial charge >= 0.3 is 0 Å². The van der Waals surface area contributed by atoms with Gasteiger partial charge < -0.3 is 15.5 Å². The predicted molar refractivity (Wildman–Crippen MR) is 102 cm³/mol. The highest BCUT2D eigenvalue weighted by atomic mass is 32.1. The fraction of sp³-hybridized carbons (Fsp3) is 0.316. The molecule has 0 amide bonds. The minimum absolute atomic E-state index is 0.0457. The second kappa shape index (κ2) is 7.62. The lowest BCUT2D eigenvalue weighted by Crippen LogP contribution is -2.31. The Hall–Kier alpha value is -2.14. The van der Waals surface area contributed by atoms with E-state index in [9.17, 15) is 4.39 Å². The Morgan fingerprint density at radius 2 is 1.75 bits per heavy atom. The lowest BCUT2D eigenvalue weighted by molar-refractivity contribution is 0.631. The number of rotatable bonds is 4. The number of halogens is 1.